The molecule has 0 bridgehead atoms. The van der Waals surface area contributed by atoms with Gasteiger partial charge in [0.1, 0.15) is 0 Å². The quantitative estimate of drug-likeness (QED) is 0.421. The Bertz CT molecular complexity index is 164. The Morgan fingerprint density at radius 1 is 1.33 bits per heavy atom. The van der Waals surface area contributed by atoms with Gasteiger partial charge in [-0.1, -0.05) is 43.2 Å². The number of allylic oxidation sites excluding steroid dienone is 5. The first kappa shape index (κ1) is 13.8. The van der Waals surface area contributed by atoms with Crippen molar-refractivity contribution in [3.63, 3.8) is 0 Å². The summed E-state index contributed by atoms with van der Waals surface area (Å²) in [6, 6.07) is 0. The molecular formula is C12H24. The van der Waals surface area contributed by atoms with Gasteiger partial charge in [0.2, 0.25) is 0 Å². The molecule has 72 valence electrons. The van der Waals surface area contributed by atoms with Crippen LogP contribution in [0.25, 0.3) is 0 Å². The fourth-order valence-electron chi connectivity index (χ4n) is 0.759. The summed E-state index contributed by atoms with van der Waals surface area (Å²) < 4.78 is 0. The molecule has 12 heavy (non-hydrogen) atoms. The molecule has 0 atom stereocenters. The van der Waals surface area contributed by atoms with Gasteiger partial charge in [0.25, 0.3) is 0 Å². The molecule has 0 heterocycles. The number of hydrogen-bond donors (Lipinski definition) is 0. The second-order valence-electron chi connectivity index (χ2n) is 2.52. The summed E-state index contributed by atoms with van der Waals surface area (Å²) in [5.41, 5.74) is 2.69. The zero-order valence-corrected chi connectivity index (χ0v) is 9.15. The molecule has 0 aromatic carbocycles. The Morgan fingerprint density at radius 3 is 2.17 bits per heavy atom. The fourth-order valence-corrected chi connectivity index (χ4v) is 0.759. The van der Waals surface area contributed by atoms with Crippen LogP contribution in [0.1, 0.15) is 42.5 Å². The van der Waals surface area contributed by atoms with Crippen LogP contribution in [0.2, 0.25) is 0 Å². The van der Waals surface area contributed by atoms with Gasteiger partial charge in [-0.25, -0.2) is 0 Å². The maximum Gasteiger partial charge on any atom is 0 e. The summed E-state index contributed by atoms with van der Waals surface area (Å²) in [6.45, 7) is 13.9. The van der Waals surface area contributed by atoms with Crippen molar-refractivity contribution in [3.8, 4) is 0 Å². The molecule has 0 aliphatic carbocycles. The number of hydrogen-bond acceptors (Lipinski definition) is 0. The molecule has 0 N–H and O–H groups in total. The third-order valence-electron chi connectivity index (χ3n) is 1.40. The van der Waals surface area contributed by atoms with Gasteiger partial charge < -0.3 is 0 Å². The van der Waals surface area contributed by atoms with Gasteiger partial charge >= 0.3 is 0 Å². The zero-order chi connectivity index (χ0) is 9.98. The van der Waals surface area contributed by atoms with Crippen molar-refractivity contribution in [1.82, 2.24) is 0 Å². The molecule has 0 unspecified atom stereocenters. The Morgan fingerprint density at radius 2 is 1.83 bits per heavy atom. The van der Waals surface area contributed by atoms with E-state index in [-0.39, 0.29) is 1.43 Å². The molecule has 0 aliphatic rings. The molecule has 0 rings (SSSR count). The summed E-state index contributed by atoms with van der Waals surface area (Å²) in [5.74, 6) is 0. The van der Waals surface area contributed by atoms with Gasteiger partial charge in [0.15, 0.2) is 0 Å². The molecule has 0 heteroatoms. The van der Waals surface area contributed by atoms with Crippen LogP contribution in [0, 0.1) is 0 Å². The van der Waals surface area contributed by atoms with Crippen molar-refractivity contribution in [2.45, 2.75) is 41.0 Å². The summed E-state index contributed by atoms with van der Waals surface area (Å²) in [6.07, 6.45) is 7.20. The van der Waals surface area contributed by atoms with Crippen molar-refractivity contribution in [2.24, 2.45) is 0 Å². The van der Waals surface area contributed by atoms with Crippen molar-refractivity contribution in [2.75, 3.05) is 0 Å². The van der Waals surface area contributed by atoms with E-state index in [1.54, 1.807) is 0 Å². The summed E-state index contributed by atoms with van der Waals surface area (Å²) >= 11 is 0. The molecule has 0 spiro atoms. The van der Waals surface area contributed by atoms with Crippen LogP contribution in [0.3, 0.4) is 0 Å². The third kappa shape index (κ3) is 9.22. The van der Waals surface area contributed by atoms with E-state index < -0.39 is 0 Å². The first-order chi connectivity index (χ1) is 5.70. The molecule has 0 amide bonds. The van der Waals surface area contributed by atoms with Crippen LogP contribution in [0.15, 0.2) is 36.0 Å². The van der Waals surface area contributed by atoms with Crippen LogP contribution in [-0.2, 0) is 0 Å². The molecule has 0 radical (unpaired) electrons. The van der Waals surface area contributed by atoms with E-state index in [4.69, 9.17) is 0 Å². The van der Waals surface area contributed by atoms with E-state index in [2.05, 4.69) is 32.6 Å². The average molecular weight is 168 g/mol. The smallest absolute Gasteiger partial charge is 0 e. The van der Waals surface area contributed by atoms with E-state index in [0.29, 0.717) is 0 Å². The fraction of sp³-hybridized carbons (Fsp3) is 0.500. The minimum atomic E-state index is 0. The van der Waals surface area contributed by atoms with Crippen molar-refractivity contribution < 1.29 is 1.43 Å². The maximum atomic E-state index is 3.67. The standard InChI is InChI=1S/C10H16.C2H6.H2/c1-5-7-10(4)8-9(3)6-2;1-2;/h5-6,8H,1,7H2,2-4H3;1-2H3;1H/b9-6-,10-8+;;. The van der Waals surface area contributed by atoms with Crippen molar-refractivity contribution in [1.29, 1.82) is 0 Å². The maximum absolute atomic E-state index is 3.67. The first-order valence-corrected chi connectivity index (χ1v) is 4.61. The lowest BCUT2D eigenvalue weighted by Gasteiger charge is -1.94. The van der Waals surface area contributed by atoms with Crippen LogP contribution in [-0.4, -0.2) is 0 Å². The predicted octanol–water partition coefficient (Wildman–Crippen LogP) is 4.75. The lowest BCUT2D eigenvalue weighted by molar-refractivity contribution is 1.20. The van der Waals surface area contributed by atoms with Crippen LogP contribution in [0.4, 0.5) is 0 Å². The highest BCUT2D eigenvalue weighted by Gasteiger charge is 1.84. The average Bonchev–Trinajstić information content (AvgIpc) is 2.08. The Hall–Kier alpha value is -0.780. The summed E-state index contributed by atoms with van der Waals surface area (Å²) in [5, 5.41) is 0. The molecule has 0 fully saturated rings. The molecule has 0 aromatic rings. The zero-order valence-electron chi connectivity index (χ0n) is 9.15. The Kier molecular flexibility index (Phi) is 11.7. The first-order valence-electron chi connectivity index (χ1n) is 4.61. The second-order valence-corrected chi connectivity index (χ2v) is 2.52. The Labute approximate surface area is 79.2 Å². The Balaban J connectivity index is -0.000000309. The number of rotatable bonds is 3. The van der Waals surface area contributed by atoms with Gasteiger partial charge in [0.05, 0.1) is 0 Å². The van der Waals surface area contributed by atoms with Gasteiger partial charge in [0, 0.05) is 1.43 Å². The summed E-state index contributed by atoms with van der Waals surface area (Å²) in [7, 11) is 0. The summed E-state index contributed by atoms with van der Waals surface area (Å²) in [4.78, 5) is 0. The van der Waals surface area contributed by atoms with Gasteiger partial charge in [-0.2, -0.15) is 0 Å². The molecular weight excluding hydrogens is 144 g/mol. The SMILES string of the molecule is C=CC/C(C)=C/C(C)=C\C.CC.[HH]. The predicted molar refractivity (Wildman–Crippen MR) is 61.5 cm³/mol. The molecule has 0 aliphatic heterocycles. The molecule has 0 saturated carbocycles. The topological polar surface area (TPSA) is 0 Å². The van der Waals surface area contributed by atoms with E-state index in [1.807, 2.05) is 26.8 Å². The van der Waals surface area contributed by atoms with E-state index in [0.717, 1.165) is 6.42 Å². The monoisotopic (exact) mass is 168 g/mol. The van der Waals surface area contributed by atoms with Crippen LogP contribution >= 0.6 is 0 Å². The highest BCUT2D eigenvalue weighted by Crippen LogP contribution is 2.04. The molecule has 0 nitrogen and oxygen atoms in total. The van der Waals surface area contributed by atoms with E-state index in [9.17, 15) is 0 Å². The lowest BCUT2D eigenvalue weighted by atomic mass is 10.1. The molecule has 0 aromatic heterocycles. The third-order valence-corrected chi connectivity index (χ3v) is 1.40. The van der Waals surface area contributed by atoms with Gasteiger partial charge in [-0.05, 0) is 27.2 Å². The second kappa shape index (κ2) is 10.2. The normalized spacial score (nSPS) is 11.8. The van der Waals surface area contributed by atoms with Gasteiger partial charge in [-0.15, -0.1) is 6.58 Å². The van der Waals surface area contributed by atoms with E-state index >= 15 is 0 Å². The van der Waals surface area contributed by atoms with Crippen molar-refractivity contribution >= 4 is 0 Å². The van der Waals surface area contributed by atoms with Crippen LogP contribution < -0.4 is 0 Å². The largest absolute Gasteiger partial charge is 0.103 e. The van der Waals surface area contributed by atoms with Crippen LogP contribution in [0.5, 0.6) is 0 Å². The molecule has 0 saturated heterocycles. The van der Waals surface area contributed by atoms with Gasteiger partial charge in [-0.3, -0.25) is 0 Å². The minimum Gasteiger partial charge on any atom is -0.103 e. The lowest BCUT2D eigenvalue weighted by Crippen LogP contribution is -1.73. The van der Waals surface area contributed by atoms with Crippen molar-refractivity contribution in [3.05, 3.63) is 36.0 Å². The highest BCUT2D eigenvalue weighted by atomic mass is 13.9. The van der Waals surface area contributed by atoms with E-state index in [1.165, 1.54) is 11.1 Å². The minimum absolute atomic E-state index is 0. The highest BCUT2D eigenvalue weighted by molar-refractivity contribution is 5.20.